The van der Waals surface area contributed by atoms with Crippen molar-refractivity contribution < 1.29 is 4.79 Å². The van der Waals surface area contributed by atoms with Crippen LogP contribution in [0.15, 0.2) is 18.2 Å². The smallest absolute Gasteiger partial charge is 0.244 e. The molecule has 0 aromatic heterocycles. The van der Waals surface area contributed by atoms with Crippen LogP contribution < -0.4 is 11.1 Å². The molecule has 1 saturated carbocycles. The highest BCUT2D eigenvalue weighted by Crippen LogP contribution is 2.31. The second-order valence-electron chi connectivity index (χ2n) is 4.09. The average molecular weight is 259 g/mol. The Morgan fingerprint density at radius 2 is 2.00 bits per heavy atom. The number of anilines is 1. The molecule has 0 atom stereocenters. The molecule has 5 heteroatoms. The Kier molecular flexibility index (Phi) is 3.10. The molecular formula is C11H12Cl2N2O. The lowest BCUT2D eigenvalue weighted by Gasteiger charge is -2.36. The molecule has 1 aliphatic rings. The van der Waals surface area contributed by atoms with Crippen molar-refractivity contribution in [2.24, 2.45) is 5.73 Å². The molecule has 1 aromatic carbocycles. The highest BCUT2D eigenvalue weighted by molar-refractivity contribution is 6.42. The van der Waals surface area contributed by atoms with E-state index in [0.29, 0.717) is 15.7 Å². The summed E-state index contributed by atoms with van der Waals surface area (Å²) in [5.74, 6) is -0.155. The molecule has 1 aliphatic carbocycles. The number of hydrogen-bond acceptors (Lipinski definition) is 2. The SMILES string of the molecule is NC1(C(=O)Nc2ccc(Cl)c(Cl)c2)CCC1. The van der Waals surface area contributed by atoms with Gasteiger partial charge in [-0.2, -0.15) is 0 Å². The van der Waals surface area contributed by atoms with E-state index in [1.54, 1.807) is 18.2 Å². The topological polar surface area (TPSA) is 55.1 Å². The molecule has 3 N–H and O–H groups in total. The zero-order valence-electron chi connectivity index (χ0n) is 8.59. The van der Waals surface area contributed by atoms with Crippen LogP contribution in [0.2, 0.25) is 10.0 Å². The van der Waals surface area contributed by atoms with Crippen LogP contribution >= 0.6 is 23.2 Å². The van der Waals surface area contributed by atoms with Crippen molar-refractivity contribution in [2.45, 2.75) is 24.8 Å². The van der Waals surface area contributed by atoms with Gasteiger partial charge in [0, 0.05) is 5.69 Å². The van der Waals surface area contributed by atoms with Gasteiger partial charge in [-0.15, -0.1) is 0 Å². The number of hydrogen-bond donors (Lipinski definition) is 2. The lowest BCUT2D eigenvalue weighted by atomic mass is 9.77. The highest BCUT2D eigenvalue weighted by atomic mass is 35.5. The quantitative estimate of drug-likeness (QED) is 0.858. The standard InChI is InChI=1S/C11H12Cl2N2O/c12-8-3-2-7(6-9(8)13)15-10(16)11(14)4-1-5-11/h2-3,6H,1,4-5,14H2,(H,15,16). The largest absolute Gasteiger partial charge is 0.324 e. The number of nitrogens with two attached hydrogens (primary N) is 1. The highest BCUT2D eigenvalue weighted by Gasteiger charge is 2.40. The Bertz CT molecular complexity index is 430. The molecule has 0 aliphatic heterocycles. The minimum atomic E-state index is -0.702. The van der Waals surface area contributed by atoms with Gasteiger partial charge in [0.25, 0.3) is 0 Å². The van der Waals surface area contributed by atoms with E-state index < -0.39 is 5.54 Å². The van der Waals surface area contributed by atoms with Gasteiger partial charge in [-0.05, 0) is 37.5 Å². The van der Waals surface area contributed by atoms with Gasteiger partial charge in [-0.25, -0.2) is 0 Å². The fraction of sp³-hybridized carbons (Fsp3) is 0.364. The van der Waals surface area contributed by atoms with Crippen LogP contribution in [-0.4, -0.2) is 11.4 Å². The zero-order valence-corrected chi connectivity index (χ0v) is 10.1. The van der Waals surface area contributed by atoms with Crippen LogP contribution in [0.1, 0.15) is 19.3 Å². The molecule has 0 unspecified atom stereocenters. The van der Waals surface area contributed by atoms with Crippen molar-refractivity contribution in [3.05, 3.63) is 28.2 Å². The molecule has 0 radical (unpaired) electrons. The molecule has 0 spiro atoms. The monoisotopic (exact) mass is 258 g/mol. The van der Waals surface area contributed by atoms with Crippen LogP contribution in [0.3, 0.4) is 0 Å². The predicted molar refractivity (Wildman–Crippen MR) is 65.9 cm³/mol. The van der Waals surface area contributed by atoms with Gasteiger partial charge in [-0.1, -0.05) is 23.2 Å². The summed E-state index contributed by atoms with van der Waals surface area (Å²) < 4.78 is 0. The van der Waals surface area contributed by atoms with Gasteiger partial charge in [0.1, 0.15) is 0 Å². The van der Waals surface area contributed by atoms with Crippen molar-refractivity contribution in [3.63, 3.8) is 0 Å². The number of rotatable bonds is 2. The maximum Gasteiger partial charge on any atom is 0.244 e. The Hall–Kier alpha value is -0.770. The first-order valence-corrected chi connectivity index (χ1v) is 5.82. The summed E-state index contributed by atoms with van der Waals surface area (Å²) in [5.41, 5.74) is 5.81. The van der Waals surface area contributed by atoms with Gasteiger partial charge >= 0.3 is 0 Å². The van der Waals surface area contributed by atoms with Crippen molar-refractivity contribution in [2.75, 3.05) is 5.32 Å². The van der Waals surface area contributed by atoms with Gasteiger partial charge in [0.05, 0.1) is 15.6 Å². The van der Waals surface area contributed by atoms with Crippen molar-refractivity contribution in [1.82, 2.24) is 0 Å². The van der Waals surface area contributed by atoms with Crippen LogP contribution in [0.4, 0.5) is 5.69 Å². The Morgan fingerprint density at radius 3 is 2.50 bits per heavy atom. The summed E-state index contributed by atoms with van der Waals surface area (Å²) >= 11 is 11.6. The number of carbonyl (C=O) groups is 1. The summed E-state index contributed by atoms with van der Waals surface area (Å²) in [5, 5.41) is 3.62. The number of nitrogens with one attached hydrogen (secondary N) is 1. The predicted octanol–water partition coefficient (Wildman–Crippen LogP) is 2.81. The number of benzene rings is 1. The molecule has 0 heterocycles. The fourth-order valence-electron chi connectivity index (χ4n) is 1.61. The maximum atomic E-state index is 11.8. The third kappa shape index (κ3) is 2.17. The lowest BCUT2D eigenvalue weighted by Crippen LogP contribution is -2.56. The van der Waals surface area contributed by atoms with Crippen LogP contribution in [0.25, 0.3) is 0 Å². The van der Waals surface area contributed by atoms with Crippen molar-refractivity contribution >= 4 is 34.8 Å². The van der Waals surface area contributed by atoms with Gasteiger partial charge in [0.2, 0.25) is 5.91 Å². The minimum absolute atomic E-state index is 0.155. The van der Waals surface area contributed by atoms with E-state index in [1.165, 1.54) is 0 Å². The van der Waals surface area contributed by atoms with E-state index in [2.05, 4.69) is 5.32 Å². The molecule has 2 rings (SSSR count). The van der Waals surface area contributed by atoms with E-state index in [1.807, 2.05) is 0 Å². The fourth-order valence-corrected chi connectivity index (χ4v) is 1.91. The lowest BCUT2D eigenvalue weighted by molar-refractivity contribution is -0.123. The number of amides is 1. The van der Waals surface area contributed by atoms with Gasteiger partial charge in [-0.3, -0.25) is 4.79 Å². The molecular weight excluding hydrogens is 247 g/mol. The van der Waals surface area contributed by atoms with Gasteiger partial charge < -0.3 is 11.1 Å². The van der Waals surface area contributed by atoms with E-state index in [9.17, 15) is 4.79 Å². The molecule has 1 aromatic rings. The van der Waals surface area contributed by atoms with E-state index in [4.69, 9.17) is 28.9 Å². The molecule has 16 heavy (non-hydrogen) atoms. The summed E-state index contributed by atoms with van der Waals surface area (Å²) in [7, 11) is 0. The Morgan fingerprint density at radius 1 is 1.31 bits per heavy atom. The number of halogens is 2. The second-order valence-corrected chi connectivity index (χ2v) is 4.91. The molecule has 86 valence electrons. The van der Waals surface area contributed by atoms with Crippen molar-refractivity contribution in [1.29, 1.82) is 0 Å². The normalized spacial score (nSPS) is 17.7. The summed E-state index contributed by atoms with van der Waals surface area (Å²) in [6, 6.07) is 4.96. The average Bonchev–Trinajstić information content (AvgIpc) is 2.20. The van der Waals surface area contributed by atoms with E-state index >= 15 is 0 Å². The summed E-state index contributed by atoms with van der Waals surface area (Å²) in [4.78, 5) is 11.8. The Labute approximate surface area is 104 Å². The van der Waals surface area contributed by atoms with E-state index in [-0.39, 0.29) is 5.91 Å². The van der Waals surface area contributed by atoms with Gasteiger partial charge in [0.15, 0.2) is 0 Å². The maximum absolute atomic E-state index is 11.8. The van der Waals surface area contributed by atoms with Crippen molar-refractivity contribution in [3.8, 4) is 0 Å². The number of carbonyl (C=O) groups excluding carboxylic acids is 1. The third-order valence-corrected chi connectivity index (χ3v) is 3.61. The summed E-state index contributed by atoms with van der Waals surface area (Å²) in [6.07, 6.45) is 2.48. The molecule has 0 bridgehead atoms. The summed E-state index contributed by atoms with van der Waals surface area (Å²) in [6.45, 7) is 0. The van der Waals surface area contributed by atoms with Crippen LogP contribution in [0.5, 0.6) is 0 Å². The van der Waals surface area contributed by atoms with Crippen LogP contribution in [-0.2, 0) is 4.79 Å². The first kappa shape index (κ1) is 11.7. The third-order valence-electron chi connectivity index (χ3n) is 2.88. The zero-order chi connectivity index (χ0) is 11.8. The molecule has 1 amide bonds. The second kappa shape index (κ2) is 4.24. The first-order valence-electron chi connectivity index (χ1n) is 5.07. The molecule has 3 nitrogen and oxygen atoms in total. The molecule has 1 fully saturated rings. The van der Waals surface area contributed by atoms with Crippen LogP contribution in [0, 0.1) is 0 Å². The van der Waals surface area contributed by atoms with E-state index in [0.717, 1.165) is 19.3 Å². The molecule has 0 saturated heterocycles. The Balaban J connectivity index is 2.09. The minimum Gasteiger partial charge on any atom is -0.324 e. The first-order chi connectivity index (χ1) is 7.51.